The molecule has 1 saturated heterocycles. The molecular weight excluding hydrogens is 238 g/mol. The van der Waals surface area contributed by atoms with Gasteiger partial charge in [0.1, 0.15) is 0 Å². The second-order valence-electron chi connectivity index (χ2n) is 6.76. The van der Waals surface area contributed by atoms with E-state index in [9.17, 15) is 0 Å². The lowest BCUT2D eigenvalue weighted by molar-refractivity contribution is 0.158. The molecule has 2 heterocycles. The number of nitrogens with one attached hydrogen (secondary N) is 1. The van der Waals surface area contributed by atoms with Crippen molar-refractivity contribution in [2.45, 2.75) is 45.7 Å². The van der Waals surface area contributed by atoms with Crippen LogP contribution in [0.4, 0.5) is 0 Å². The van der Waals surface area contributed by atoms with E-state index in [2.05, 4.69) is 41.3 Å². The zero-order chi connectivity index (χ0) is 13.9. The van der Waals surface area contributed by atoms with Gasteiger partial charge in [-0.2, -0.15) is 0 Å². The van der Waals surface area contributed by atoms with Crippen molar-refractivity contribution in [1.82, 2.24) is 25.2 Å². The molecule has 1 atom stereocenters. The average Bonchev–Trinajstić information content (AvgIpc) is 2.72. The molecule has 5 nitrogen and oxygen atoms in total. The summed E-state index contributed by atoms with van der Waals surface area (Å²) in [4.78, 5) is 2.50. The Labute approximate surface area is 116 Å². The molecule has 108 valence electrons. The van der Waals surface area contributed by atoms with E-state index in [-0.39, 0.29) is 5.54 Å². The van der Waals surface area contributed by atoms with E-state index in [1.54, 1.807) is 4.68 Å². The smallest absolute Gasteiger partial charge is 0.0967 e. The standard InChI is InChI=1S/C14H27N5/c1-14(2,3)15-8-12-6-5-7-19(9-12)11-13-10-18(4)17-16-13/h10,12,15H,5-9,11H2,1-4H3. The highest BCUT2D eigenvalue weighted by Gasteiger charge is 2.22. The Balaban J connectivity index is 1.80. The number of piperidine rings is 1. The highest BCUT2D eigenvalue weighted by atomic mass is 15.4. The normalized spacial score (nSPS) is 21.8. The van der Waals surface area contributed by atoms with Gasteiger partial charge in [-0.1, -0.05) is 5.21 Å². The Morgan fingerprint density at radius 2 is 2.21 bits per heavy atom. The Bertz CT molecular complexity index is 393. The molecule has 0 radical (unpaired) electrons. The molecule has 5 heteroatoms. The third-order valence-corrected chi connectivity index (χ3v) is 3.56. The van der Waals surface area contributed by atoms with Crippen LogP contribution < -0.4 is 5.32 Å². The fourth-order valence-electron chi connectivity index (χ4n) is 2.61. The fourth-order valence-corrected chi connectivity index (χ4v) is 2.61. The molecule has 1 aliphatic rings. The molecule has 1 aromatic heterocycles. The van der Waals surface area contributed by atoms with E-state index in [0.717, 1.165) is 24.7 Å². The van der Waals surface area contributed by atoms with Gasteiger partial charge in [0, 0.05) is 31.9 Å². The topological polar surface area (TPSA) is 46.0 Å². The highest BCUT2D eigenvalue weighted by molar-refractivity contribution is 4.92. The highest BCUT2D eigenvalue weighted by Crippen LogP contribution is 2.18. The van der Waals surface area contributed by atoms with E-state index in [1.165, 1.54) is 25.9 Å². The van der Waals surface area contributed by atoms with Gasteiger partial charge in [0.2, 0.25) is 0 Å². The number of hydrogen-bond donors (Lipinski definition) is 1. The second-order valence-corrected chi connectivity index (χ2v) is 6.76. The fraction of sp³-hybridized carbons (Fsp3) is 0.857. The summed E-state index contributed by atoms with van der Waals surface area (Å²) in [5.41, 5.74) is 1.29. The van der Waals surface area contributed by atoms with Crippen molar-refractivity contribution in [1.29, 1.82) is 0 Å². The van der Waals surface area contributed by atoms with Gasteiger partial charge in [0.15, 0.2) is 0 Å². The molecule has 0 spiro atoms. The largest absolute Gasteiger partial charge is 0.312 e. The zero-order valence-electron chi connectivity index (χ0n) is 12.7. The molecule has 0 aromatic carbocycles. The summed E-state index contributed by atoms with van der Waals surface area (Å²) in [5, 5.41) is 11.8. The summed E-state index contributed by atoms with van der Waals surface area (Å²) in [6, 6.07) is 0. The number of aryl methyl sites for hydroxylation is 1. The van der Waals surface area contributed by atoms with Gasteiger partial charge in [-0.15, -0.1) is 5.10 Å². The van der Waals surface area contributed by atoms with Crippen LogP contribution in [0, 0.1) is 5.92 Å². The molecule has 19 heavy (non-hydrogen) atoms. The maximum absolute atomic E-state index is 4.18. The van der Waals surface area contributed by atoms with E-state index >= 15 is 0 Å². The number of hydrogen-bond acceptors (Lipinski definition) is 4. The summed E-state index contributed by atoms with van der Waals surface area (Å²) in [6.45, 7) is 11.1. The number of aromatic nitrogens is 3. The SMILES string of the molecule is Cn1cc(CN2CCCC(CNC(C)(C)C)C2)nn1. The van der Waals surface area contributed by atoms with Crippen molar-refractivity contribution in [2.75, 3.05) is 19.6 Å². The van der Waals surface area contributed by atoms with Gasteiger partial charge in [-0.05, 0) is 52.6 Å². The Kier molecular flexibility index (Phi) is 4.58. The minimum absolute atomic E-state index is 0.215. The molecule has 1 fully saturated rings. The summed E-state index contributed by atoms with van der Waals surface area (Å²) < 4.78 is 1.78. The monoisotopic (exact) mass is 265 g/mol. The first-order valence-electron chi connectivity index (χ1n) is 7.25. The third-order valence-electron chi connectivity index (χ3n) is 3.56. The second kappa shape index (κ2) is 6.01. The van der Waals surface area contributed by atoms with Crippen molar-refractivity contribution < 1.29 is 0 Å². The average molecular weight is 265 g/mol. The van der Waals surface area contributed by atoms with Crippen LogP contribution in [0.25, 0.3) is 0 Å². The molecule has 1 aromatic rings. The first-order valence-corrected chi connectivity index (χ1v) is 7.25. The molecule has 2 rings (SSSR count). The lowest BCUT2D eigenvalue weighted by atomic mass is 9.96. The third kappa shape index (κ3) is 4.91. The van der Waals surface area contributed by atoms with Crippen molar-refractivity contribution >= 4 is 0 Å². The molecule has 0 amide bonds. The summed E-state index contributed by atoms with van der Waals surface area (Å²) in [6.07, 6.45) is 4.63. The molecule has 0 bridgehead atoms. The van der Waals surface area contributed by atoms with E-state index < -0.39 is 0 Å². The van der Waals surface area contributed by atoms with Crippen LogP contribution in [0.5, 0.6) is 0 Å². The van der Waals surface area contributed by atoms with Crippen LogP contribution in [0.2, 0.25) is 0 Å². The van der Waals surface area contributed by atoms with E-state index in [0.29, 0.717) is 0 Å². The van der Waals surface area contributed by atoms with Crippen LogP contribution in [-0.2, 0) is 13.6 Å². The van der Waals surface area contributed by atoms with Gasteiger partial charge in [-0.3, -0.25) is 9.58 Å². The van der Waals surface area contributed by atoms with Gasteiger partial charge >= 0.3 is 0 Å². The lowest BCUT2D eigenvalue weighted by Crippen LogP contribution is -2.44. The maximum atomic E-state index is 4.18. The van der Waals surface area contributed by atoms with Crippen LogP contribution in [0.15, 0.2) is 6.20 Å². The van der Waals surface area contributed by atoms with Gasteiger partial charge in [0.05, 0.1) is 5.69 Å². The van der Waals surface area contributed by atoms with E-state index in [1.807, 2.05) is 13.2 Å². The summed E-state index contributed by atoms with van der Waals surface area (Å²) in [7, 11) is 1.92. The predicted molar refractivity (Wildman–Crippen MR) is 76.8 cm³/mol. The van der Waals surface area contributed by atoms with Crippen LogP contribution >= 0.6 is 0 Å². The Hall–Kier alpha value is -0.940. The molecule has 1 unspecified atom stereocenters. The van der Waals surface area contributed by atoms with Crippen molar-refractivity contribution in [3.63, 3.8) is 0 Å². The van der Waals surface area contributed by atoms with Gasteiger partial charge < -0.3 is 5.32 Å². The predicted octanol–water partition coefficient (Wildman–Crippen LogP) is 1.42. The first-order chi connectivity index (χ1) is 8.92. The van der Waals surface area contributed by atoms with Crippen LogP contribution in [0.3, 0.4) is 0 Å². The van der Waals surface area contributed by atoms with Crippen LogP contribution in [0.1, 0.15) is 39.3 Å². The Morgan fingerprint density at radius 1 is 1.42 bits per heavy atom. The molecule has 0 aliphatic carbocycles. The minimum atomic E-state index is 0.215. The molecule has 1 aliphatic heterocycles. The number of rotatable bonds is 4. The number of nitrogens with zero attached hydrogens (tertiary/aromatic N) is 4. The zero-order valence-corrected chi connectivity index (χ0v) is 12.7. The molecule has 0 saturated carbocycles. The van der Waals surface area contributed by atoms with Crippen molar-refractivity contribution in [3.05, 3.63) is 11.9 Å². The van der Waals surface area contributed by atoms with Crippen LogP contribution in [-0.4, -0.2) is 45.1 Å². The summed E-state index contributed by atoms with van der Waals surface area (Å²) >= 11 is 0. The Morgan fingerprint density at radius 3 is 2.84 bits per heavy atom. The minimum Gasteiger partial charge on any atom is -0.312 e. The quantitative estimate of drug-likeness (QED) is 0.894. The van der Waals surface area contributed by atoms with Gasteiger partial charge in [-0.25, -0.2) is 0 Å². The summed E-state index contributed by atoms with van der Waals surface area (Å²) in [5.74, 6) is 0.754. The first kappa shape index (κ1) is 14.5. The van der Waals surface area contributed by atoms with E-state index in [4.69, 9.17) is 0 Å². The molecular formula is C14H27N5. The van der Waals surface area contributed by atoms with Crippen molar-refractivity contribution in [3.8, 4) is 0 Å². The molecule has 1 N–H and O–H groups in total. The number of likely N-dealkylation sites (tertiary alicyclic amines) is 1. The van der Waals surface area contributed by atoms with Gasteiger partial charge in [0.25, 0.3) is 0 Å². The maximum Gasteiger partial charge on any atom is 0.0967 e. The van der Waals surface area contributed by atoms with Crippen molar-refractivity contribution in [2.24, 2.45) is 13.0 Å². The lowest BCUT2D eigenvalue weighted by Gasteiger charge is -2.34.